The first kappa shape index (κ1) is 22.5. The first-order valence-electron chi connectivity index (χ1n) is 9.57. The van der Waals surface area contributed by atoms with Gasteiger partial charge in [-0.05, 0) is 17.4 Å². The Morgan fingerprint density at radius 2 is 1.97 bits per heavy atom. The maximum absolute atomic E-state index is 13.9. The predicted molar refractivity (Wildman–Crippen MR) is 107 cm³/mol. The van der Waals surface area contributed by atoms with Crippen molar-refractivity contribution in [3.05, 3.63) is 47.7 Å². The third-order valence-electron chi connectivity index (χ3n) is 5.76. The third-order valence-corrected chi connectivity index (χ3v) is 5.76. The van der Waals surface area contributed by atoms with Crippen LogP contribution in [0, 0.1) is 29.6 Å². The molecule has 1 saturated carbocycles. The van der Waals surface area contributed by atoms with Gasteiger partial charge >= 0.3 is 18.1 Å². The van der Waals surface area contributed by atoms with Crippen LogP contribution < -0.4 is 0 Å². The van der Waals surface area contributed by atoms with Crippen molar-refractivity contribution in [3.8, 4) is 12.3 Å². The molecule has 1 aliphatic carbocycles. The number of carbonyl (C=O) groups excluding carboxylic acids is 2. The van der Waals surface area contributed by atoms with Crippen LogP contribution in [0.5, 0.6) is 0 Å². The van der Waals surface area contributed by atoms with E-state index < -0.39 is 41.7 Å². The highest BCUT2D eigenvalue weighted by Crippen LogP contribution is 2.59. The summed E-state index contributed by atoms with van der Waals surface area (Å²) in [6.45, 7) is 2.85. The molecule has 1 aliphatic rings. The number of aromatic nitrogens is 1. The number of rotatable bonds is 6. The quantitative estimate of drug-likeness (QED) is 0.386. The second kappa shape index (κ2) is 8.14. The molecular weight excluding hydrogens is 411 g/mol. The minimum atomic E-state index is -4.68. The Bertz CT molecular complexity index is 1090. The van der Waals surface area contributed by atoms with Crippen molar-refractivity contribution in [2.75, 3.05) is 7.11 Å². The molecule has 0 amide bonds. The summed E-state index contributed by atoms with van der Waals surface area (Å²) < 4.78 is 52.5. The summed E-state index contributed by atoms with van der Waals surface area (Å²) in [5.74, 6) is 0.238. The van der Waals surface area contributed by atoms with Crippen LogP contribution in [0.2, 0.25) is 0 Å². The number of terminal acetylenes is 1. The second-order valence-electron chi connectivity index (χ2n) is 7.95. The number of carbonyl (C=O) groups is 2. The van der Waals surface area contributed by atoms with Crippen LogP contribution in [0.25, 0.3) is 10.9 Å². The minimum Gasteiger partial charge on any atom is -0.466 e. The molecule has 0 aliphatic heterocycles. The molecular formula is C23H22F3NO4. The first-order chi connectivity index (χ1) is 14.5. The Morgan fingerprint density at radius 1 is 1.29 bits per heavy atom. The number of fused-ring (bicyclic) bond motifs is 1. The van der Waals surface area contributed by atoms with Crippen molar-refractivity contribution in [1.29, 1.82) is 0 Å². The van der Waals surface area contributed by atoms with Gasteiger partial charge in [-0.2, -0.15) is 13.2 Å². The number of allylic oxidation sites excluding steroid dienone is 1. The van der Waals surface area contributed by atoms with Gasteiger partial charge in [0.15, 0.2) is 0 Å². The van der Waals surface area contributed by atoms with E-state index in [-0.39, 0.29) is 18.0 Å². The average molecular weight is 433 g/mol. The van der Waals surface area contributed by atoms with Gasteiger partial charge in [-0.25, -0.2) is 4.79 Å². The number of esters is 2. The number of benzene rings is 1. The zero-order valence-electron chi connectivity index (χ0n) is 17.3. The highest BCUT2D eigenvalue weighted by molar-refractivity contribution is 5.87. The SMILES string of the molecule is C#CCn1c(C(F)(F)F)c(COC(=O)[C@@H]2[C@H](C=CC(=O)OC)C2(C)C)c2ccccc21. The van der Waals surface area contributed by atoms with Crippen LogP contribution in [0.3, 0.4) is 0 Å². The summed E-state index contributed by atoms with van der Waals surface area (Å²) in [7, 11) is 1.24. The monoisotopic (exact) mass is 433 g/mol. The molecule has 1 aromatic heterocycles. The van der Waals surface area contributed by atoms with Gasteiger partial charge in [-0.3, -0.25) is 4.79 Å². The van der Waals surface area contributed by atoms with E-state index in [0.717, 1.165) is 4.57 Å². The van der Waals surface area contributed by atoms with Crippen LogP contribution in [0.15, 0.2) is 36.4 Å². The Morgan fingerprint density at radius 3 is 2.58 bits per heavy atom. The van der Waals surface area contributed by atoms with Crippen molar-refractivity contribution < 1.29 is 32.2 Å². The lowest BCUT2D eigenvalue weighted by Crippen LogP contribution is -2.17. The summed E-state index contributed by atoms with van der Waals surface area (Å²) in [6.07, 6.45) is 3.41. The molecule has 0 unspecified atom stereocenters. The fourth-order valence-corrected chi connectivity index (χ4v) is 4.07. The van der Waals surface area contributed by atoms with Gasteiger partial charge in [0.2, 0.25) is 0 Å². The summed E-state index contributed by atoms with van der Waals surface area (Å²) in [5, 5.41) is 0.329. The Hall–Kier alpha value is -3.21. The second-order valence-corrected chi connectivity index (χ2v) is 7.95. The molecule has 0 bridgehead atoms. The smallest absolute Gasteiger partial charge is 0.431 e. The maximum atomic E-state index is 13.9. The molecule has 0 saturated heterocycles. The van der Waals surface area contributed by atoms with E-state index in [0.29, 0.717) is 10.9 Å². The van der Waals surface area contributed by atoms with E-state index in [1.807, 2.05) is 13.8 Å². The van der Waals surface area contributed by atoms with E-state index in [1.54, 1.807) is 30.3 Å². The van der Waals surface area contributed by atoms with Crippen LogP contribution in [-0.2, 0) is 38.4 Å². The zero-order chi connectivity index (χ0) is 23.0. The van der Waals surface area contributed by atoms with Gasteiger partial charge < -0.3 is 14.0 Å². The molecule has 2 aromatic rings. The van der Waals surface area contributed by atoms with E-state index in [4.69, 9.17) is 11.2 Å². The number of nitrogens with zero attached hydrogens (tertiary/aromatic N) is 1. The largest absolute Gasteiger partial charge is 0.466 e. The molecule has 1 fully saturated rings. The van der Waals surface area contributed by atoms with Crippen molar-refractivity contribution in [2.24, 2.45) is 17.3 Å². The van der Waals surface area contributed by atoms with Crippen LogP contribution in [-0.4, -0.2) is 23.6 Å². The molecule has 0 spiro atoms. The van der Waals surface area contributed by atoms with Gasteiger partial charge in [-0.1, -0.05) is 44.0 Å². The fourth-order valence-electron chi connectivity index (χ4n) is 4.07. The van der Waals surface area contributed by atoms with E-state index >= 15 is 0 Å². The van der Waals surface area contributed by atoms with Crippen LogP contribution in [0.4, 0.5) is 13.2 Å². The van der Waals surface area contributed by atoms with E-state index in [9.17, 15) is 22.8 Å². The Kier molecular flexibility index (Phi) is 5.90. The molecule has 1 heterocycles. The number of halogens is 3. The number of alkyl halides is 3. The lowest BCUT2D eigenvalue weighted by molar-refractivity contribution is -0.151. The minimum absolute atomic E-state index is 0.133. The van der Waals surface area contributed by atoms with Crippen LogP contribution >= 0.6 is 0 Å². The molecule has 2 atom stereocenters. The number of ether oxygens (including phenoxy) is 2. The van der Waals surface area contributed by atoms with Crippen molar-refractivity contribution in [2.45, 2.75) is 33.2 Å². The lowest BCUT2D eigenvalue weighted by Gasteiger charge is -2.13. The lowest BCUT2D eigenvalue weighted by atomic mass is 10.1. The summed E-state index contributed by atoms with van der Waals surface area (Å²) in [4.78, 5) is 24.0. The van der Waals surface area contributed by atoms with E-state index in [2.05, 4.69) is 10.7 Å². The number of hydrogen-bond acceptors (Lipinski definition) is 4. The number of para-hydroxylation sites is 1. The normalized spacial score (nSPS) is 19.9. The highest BCUT2D eigenvalue weighted by atomic mass is 19.4. The molecule has 31 heavy (non-hydrogen) atoms. The standard InChI is InChI=1S/C23H22F3NO4/c1-5-12-27-17-9-7-6-8-14(17)15(20(27)23(24,25)26)13-31-21(29)19-16(22(19,2)3)10-11-18(28)30-4/h1,6-11,16,19H,12-13H2,2-4H3/t16-,19-/m0/s1. The highest BCUT2D eigenvalue weighted by Gasteiger charge is 2.61. The summed E-state index contributed by atoms with van der Waals surface area (Å²) >= 11 is 0. The third kappa shape index (κ3) is 4.18. The molecule has 1 aromatic carbocycles. The molecule has 5 nitrogen and oxygen atoms in total. The Balaban J connectivity index is 1.88. The van der Waals surface area contributed by atoms with Crippen LogP contribution in [0.1, 0.15) is 25.1 Å². The van der Waals surface area contributed by atoms with Gasteiger partial charge in [0.05, 0.1) is 19.6 Å². The van der Waals surface area contributed by atoms with Crippen molar-refractivity contribution in [1.82, 2.24) is 4.57 Å². The molecule has 8 heteroatoms. The number of methoxy groups -OCH3 is 1. The molecule has 164 valence electrons. The predicted octanol–water partition coefficient (Wildman–Crippen LogP) is 4.34. The van der Waals surface area contributed by atoms with Crippen molar-refractivity contribution in [3.63, 3.8) is 0 Å². The molecule has 0 N–H and O–H groups in total. The van der Waals surface area contributed by atoms with E-state index in [1.165, 1.54) is 13.2 Å². The Labute approximate surface area is 177 Å². The number of hydrogen-bond donors (Lipinski definition) is 0. The topological polar surface area (TPSA) is 57.5 Å². The van der Waals surface area contributed by atoms with Gasteiger partial charge in [0.25, 0.3) is 0 Å². The van der Waals surface area contributed by atoms with Gasteiger partial charge in [0.1, 0.15) is 12.3 Å². The fraction of sp³-hybridized carbons (Fsp3) is 0.391. The zero-order valence-corrected chi connectivity index (χ0v) is 17.3. The maximum Gasteiger partial charge on any atom is 0.431 e. The van der Waals surface area contributed by atoms with Crippen molar-refractivity contribution >= 4 is 22.8 Å². The summed E-state index contributed by atoms with van der Waals surface area (Å²) in [5.41, 5.74) is -1.21. The molecule has 0 radical (unpaired) electrons. The van der Waals surface area contributed by atoms with Gasteiger partial charge in [0, 0.05) is 22.5 Å². The summed E-state index contributed by atoms with van der Waals surface area (Å²) in [6, 6.07) is 6.33. The average Bonchev–Trinajstić information content (AvgIpc) is 3.10. The van der Waals surface area contributed by atoms with Gasteiger partial charge in [-0.15, -0.1) is 6.42 Å². The first-order valence-corrected chi connectivity index (χ1v) is 9.57. The molecule has 3 rings (SSSR count).